The van der Waals surface area contributed by atoms with Crippen molar-refractivity contribution in [3.63, 3.8) is 0 Å². The van der Waals surface area contributed by atoms with Crippen LogP contribution in [0.4, 0.5) is 5.69 Å². The number of aromatic amines is 1. The average Bonchev–Trinajstić information content (AvgIpc) is 2.90. The number of ether oxygens (including phenoxy) is 1. The van der Waals surface area contributed by atoms with Gasteiger partial charge in [0.05, 0.1) is 12.8 Å². The predicted octanol–water partition coefficient (Wildman–Crippen LogP) is 3.35. The minimum Gasteiger partial charge on any atom is -0.505 e. The highest BCUT2D eigenvalue weighted by Crippen LogP contribution is 2.37. The molecule has 6 heteroatoms. The molecule has 3 aromatic rings. The number of hydrogen-bond acceptors (Lipinski definition) is 4. The molecule has 24 heavy (non-hydrogen) atoms. The predicted molar refractivity (Wildman–Crippen MR) is 90.5 cm³/mol. The van der Waals surface area contributed by atoms with E-state index in [0.29, 0.717) is 17.0 Å². The summed E-state index contributed by atoms with van der Waals surface area (Å²) in [5.41, 5.74) is 1.21. The van der Waals surface area contributed by atoms with E-state index in [0.717, 1.165) is 0 Å². The number of anilines is 1. The van der Waals surface area contributed by atoms with Crippen LogP contribution in [0.5, 0.6) is 17.4 Å². The zero-order chi connectivity index (χ0) is 17.1. The lowest BCUT2D eigenvalue weighted by molar-refractivity contribution is 0.102. The third-order valence-electron chi connectivity index (χ3n) is 3.57. The molecule has 1 amide bonds. The maximum absolute atomic E-state index is 12.4. The molecular weight excluding hydrogens is 308 g/mol. The first-order valence-corrected chi connectivity index (χ1v) is 7.25. The number of amides is 1. The molecule has 2 aromatic carbocycles. The Labute approximate surface area is 138 Å². The topological polar surface area (TPSA) is 94.6 Å². The average molecular weight is 324 g/mol. The van der Waals surface area contributed by atoms with Crippen molar-refractivity contribution in [2.45, 2.75) is 0 Å². The van der Waals surface area contributed by atoms with Crippen LogP contribution in [0.2, 0.25) is 0 Å². The zero-order valence-electron chi connectivity index (χ0n) is 12.9. The molecule has 0 saturated carbocycles. The fourth-order valence-electron chi connectivity index (χ4n) is 2.40. The molecule has 4 N–H and O–H groups in total. The van der Waals surface area contributed by atoms with E-state index in [1.165, 1.54) is 7.11 Å². The SMILES string of the molecule is COc1cccc(NC(=O)c2c(O)[nH]c(-c3ccccc3)c2O)c1. The van der Waals surface area contributed by atoms with E-state index < -0.39 is 11.8 Å². The van der Waals surface area contributed by atoms with Crippen molar-refractivity contribution in [2.24, 2.45) is 0 Å². The van der Waals surface area contributed by atoms with Gasteiger partial charge < -0.3 is 25.3 Å². The normalized spacial score (nSPS) is 10.4. The summed E-state index contributed by atoms with van der Waals surface area (Å²) < 4.78 is 5.10. The van der Waals surface area contributed by atoms with Crippen LogP contribution in [0, 0.1) is 0 Å². The summed E-state index contributed by atoms with van der Waals surface area (Å²) in [4.78, 5) is 15.0. The molecular formula is C18H16N2O4. The summed E-state index contributed by atoms with van der Waals surface area (Å²) in [7, 11) is 1.52. The second-order valence-corrected chi connectivity index (χ2v) is 5.12. The van der Waals surface area contributed by atoms with Gasteiger partial charge in [-0.2, -0.15) is 0 Å². The minimum atomic E-state index is -0.628. The Hall–Kier alpha value is -3.41. The van der Waals surface area contributed by atoms with Gasteiger partial charge in [0.1, 0.15) is 11.3 Å². The zero-order valence-corrected chi connectivity index (χ0v) is 12.9. The fraction of sp³-hybridized carbons (Fsp3) is 0.0556. The second-order valence-electron chi connectivity index (χ2n) is 5.12. The molecule has 0 fully saturated rings. The van der Waals surface area contributed by atoms with Crippen LogP contribution in [-0.2, 0) is 0 Å². The number of rotatable bonds is 4. The molecule has 1 heterocycles. The first kappa shape index (κ1) is 15.5. The number of methoxy groups -OCH3 is 1. The summed E-state index contributed by atoms with van der Waals surface area (Å²) in [6.07, 6.45) is 0. The monoisotopic (exact) mass is 324 g/mol. The van der Waals surface area contributed by atoms with Gasteiger partial charge in [-0.3, -0.25) is 4.79 Å². The Morgan fingerprint density at radius 1 is 1.08 bits per heavy atom. The molecule has 122 valence electrons. The summed E-state index contributed by atoms with van der Waals surface area (Å²) >= 11 is 0. The molecule has 1 aromatic heterocycles. The quantitative estimate of drug-likeness (QED) is 0.592. The van der Waals surface area contributed by atoms with E-state index in [2.05, 4.69) is 10.3 Å². The maximum Gasteiger partial charge on any atom is 0.264 e. The molecule has 0 unspecified atom stereocenters. The molecule has 3 rings (SSSR count). The molecule has 0 bridgehead atoms. The van der Waals surface area contributed by atoms with Crippen molar-refractivity contribution in [3.8, 4) is 28.6 Å². The van der Waals surface area contributed by atoms with Gasteiger partial charge in [-0.1, -0.05) is 36.4 Å². The summed E-state index contributed by atoms with van der Waals surface area (Å²) in [5, 5.41) is 23.0. The molecule has 0 spiro atoms. The highest BCUT2D eigenvalue weighted by atomic mass is 16.5. The van der Waals surface area contributed by atoms with Crippen molar-refractivity contribution in [1.82, 2.24) is 4.98 Å². The summed E-state index contributed by atoms with van der Waals surface area (Å²) in [6, 6.07) is 15.7. The number of aromatic nitrogens is 1. The van der Waals surface area contributed by atoms with E-state index in [1.54, 1.807) is 48.5 Å². The van der Waals surface area contributed by atoms with Crippen molar-refractivity contribution in [1.29, 1.82) is 0 Å². The third-order valence-corrected chi connectivity index (χ3v) is 3.57. The molecule has 0 aliphatic heterocycles. The lowest BCUT2D eigenvalue weighted by atomic mass is 10.1. The number of H-pyrrole nitrogens is 1. The van der Waals surface area contributed by atoms with Gasteiger partial charge in [0.2, 0.25) is 5.88 Å². The standard InChI is InChI=1S/C18H16N2O4/c1-24-13-9-5-8-12(10-13)19-17(22)14-16(21)15(20-18(14)23)11-6-3-2-4-7-11/h2-10,20-21,23H,1H3,(H,19,22). The van der Waals surface area contributed by atoms with Crippen molar-refractivity contribution in [2.75, 3.05) is 12.4 Å². The van der Waals surface area contributed by atoms with Crippen LogP contribution < -0.4 is 10.1 Å². The molecule has 6 nitrogen and oxygen atoms in total. The summed E-state index contributed by atoms with van der Waals surface area (Å²) in [6.45, 7) is 0. The number of carbonyl (C=O) groups excluding carboxylic acids is 1. The van der Waals surface area contributed by atoms with E-state index >= 15 is 0 Å². The van der Waals surface area contributed by atoms with Crippen LogP contribution in [0.1, 0.15) is 10.4 Å². The molecule has 0 atom stereocenters. The van der Waals surface area contributed by atoms with Crippen molar-refractivity contribution >= 4 is 11.6 Å². The van der Waals surface area contributed by atoms with Gasteiger partial charge in [-0.25, -0.2) is 0 Å². The van der Waals surface area contributed by atoms with Crippen molar-refractivity contribution in [3.05, 3.63) is 60.2 Å². The Balaban J connectivity index is 1.92. The molecule has 0 aliphatic carbocycles. The number of hydrogen-bond donors (Lipinski definition) is 4. The Bertz CT molecular complexity index is 872. The van der Waals surface area contributed by atoms with E-state index in [4.69, 9.17) is 4.74 Å². The van der Waals surface area contributed by atoms with E-state index in [-0.39, 0.29) is 17.0 Å². The van der Waals surface area contributed by atoms with Crippen LogP contribution in [0.25, 0.3) is 11.3 Å². The lowest BCUT2D eigenvalue weighted by Gasteiger charge is -2.07. The minimum absolute atomic E-state index is 0.211. The van der Waals surface area contributed by atoms with E-state index in [9.17, 15) is 15.0 Å². The smallest absolute Gasteiger partial charge is 0.264 e. The number of aromatic hydroxyl groups is 2. The maximum atomic E-state index is 12.4. The highest BCUT2D eigenvalue weighted by Gasteiger charge is 2.24. The Kier molecular flexibility index (Phi) is 4.11. The molecule has 0 aliphatic rings. The van der Waals surface area contributed by atoms with E-state index in [1.807, 2.05) is 6.07 Å². The fourth-order valence-corrected chi connectivity index (χ4v) is 2.40. The van der Waals surface area contributed by atoms with Gasteiger partial charge in [0.25, 0.3) is 5.91 Å². The first-order chi connectivity index (χ1) is 11.6. The van der Waals surface area contributed by atoms with Crippen LogP contribution in [-0.4, -0.2) is 28.2 Å². The van der Waals surface area contributed by atoms with Gasteiger partial charge >= 0.3 is 0 Å². The number of nitrogens with one attached hydrogen (secondary N) is 2. The Morgan fingerprint density at radius 2 is 1.83 bits per heavy atom. The lowest BCUT2D eigenvalue weighted by Crippen LogP contribution is -2.11. The summed E-state index contributed by atoms with van der Waals surface area (Å²) in [5.74, 6) is -0.747. The highest BCUT2D eigenvalue weighted by molar-refractivity contribution is 6.09. The number of carbonyl (C=O) groups is 1. The first-order valence-electron chi connectivity index (χ1n) is 7.25. The van der Waals surface area contributed by atoms with Gasteiger partial charge in [0, 0.05) is 17.3 Å². The van der Waals surface area contributed by atoms with Gasteiger partial charge in [-0.05, 0) is 12.1 Å². The third kappa shape index (κ3) is 2.89. The van der Waals surface area contributed by atoms with Gasteiger partial charge in [0.15, 0.2) is 5.75 Å². The van der Waals surface area contributed by atoms with Crippen molar-refractivity contribution < 1.29 is 19.7 Å². The molecule has 0 radical (unpaired) electrons. The molecule has 0 saturated heterocycles. The van der Waals surface area contributed by atoms with Gasteiger partial charge in [-0.15, -0.1) is 0 Å². The van der Waals surface area contributed by atoms with Crippen LogP contribution >= 0.6 is 0 Å². The second kappa shape index (κ2) is 6.37. The number of benzene rings is 2. The largest absolute Gasteiger partial charge is 0.505 e. The van der Waals surface area contributed by atoms with Crippen LogP contribution in [0.3, 0.4) is 0 Å². The Morgan fingerprint density at radius 3 is 2.54 bits per heavy atom. The van der Waals surface area contributed by atoms with Crippen LogP contribution in [0.15, 0.2) is 54.6 Å².